The van der Waals surface area contributed by atoms with Crippen LogP contribution in [0, 0.1) is 6.92 Å². The number of hydrogen-bond acceptors (Lipinski definition) is 3. The second-order valence-electron chi connectivity index (χ2n) is 5.92. The van der Waals surface area contributed by atoms with Crippen molar-refractivity contribution in [3.05, 3.63) is 28.8 Å². The highest BCUT2D eigenvalue weighted by molar-refractivity contribution is 6.33. The molecule has 1 saturated heterocycles. The van der Waals surface area contributed by atoms with Gasteiger partial charge in [0.1, 0.15) is 6.04 Å². The fraction of sp³-hybridized carbons (Fsp3) is 0.500. The lowest BCUT2D eigenvalue weighted by atomic mass is 10.2. The lowest BCUT2D eigenvalue weighted by molar-refractivity contribution is -0.141. The van der Waals surface area contributed by atoms with Crippen molar-refractivity contribution in [3.63, 3.8) is 0 Å². The minimum atomic E-state index is -0.489. The maximum atomic E-state index is 12.5. The summed E-state index contributed by atoms with van der Waals surface area (Å²) in [6, 6.07) is 5.23. The fourth-order valence-electron chi connectivity index (χ4n) is 3.25. The zero-order valence-electron chi connectivity index (χ0n) is 12.1. The number of rotatable bonds is 3. The number of amides is 2. The monoisotopic (exact) mass is 306 g/mol. The van der Waals surface area contributed by atoms with E-state index in [4.69, 9.17) is 11.6 Å². The Hall–Kier alpha value is -1.55. The standard InChI is InChI=1S/C16H19ClN2O2/c1-10-6-7-12(17)13(8-10)18-14-9-15(20)19(16(14)21)11-4-2-3-5-11/h6-8,11,14,18H,2-5,9H2,1H3. The smallest absolute Gasteiger partial charge is 0.252 e. The highest BCUT2D eigenvalue weighted by Gasteiger charge is 2.43. The second kappa shape index (κ2) is 5.68. The summed E-state index contributed by atoms with van der Waals surface area (Å²) >= 11 is 6.15. The van der Waals surface area contributed by atoms with Crippen LogP contribution in [0.25, 0.3) is 0 Å². The first-order chi connectivity index (χ1) is 10.1. The quantitative estimate of drug-likeness (QED) is 0.873. The molecule has 2 fully saturated rings. The molecule has 112 valence electrons. The zero-order chi connectivity index (χ0) is 15.0. The summed E-state index contributed by atoms with van der Waals surface area (Å²) in [5.74, 6) is -0.169. The normalized spacial score (nSPS) is 23.1. The molecule has 1 aromatic carbocycles. The van der Waals surface area contributed by atoms with Crippen molar-refractivity contribution in [3.8, 4) is 0 Å². The molecule has 1 heterocycles. The van der Waals surface area contributed by atoms with Crippen molar-refractivity contribution < 1.29 is 9.59 Å². The van der Waals surface area contributed by atoms with Gasteiger partial charge in [0, 0.05) is 6.04 Å². The predicted octanol–water partition coefficient (Wildman–Crippen LogP) is 3.13. The Labute approximate surface area is 129 Å². The van der Waals surface area contributed by atoms with E-state index in [0.29, 0.717) is 5.02 Å². The molecule has 2 aliphatic rings. The number of aryl methyl sites for hydroxylation is 1. The van der Waals surface area contributed by atoms with Crippen molar-refractivity contribution in [1.82, 2.24) is 4.90 Å². The molecule has 5 heteroatoms. The van der Waals surface area contributed by atoms with Gasteiger partial charge in [-0.15, -0.1) is 0 Å². The summed E-state index contributed by atoms with van der Waals surface area (Å²) in [5, 5.41) is 3.71. The van der Waals surface area contributed by atoms with Crippen molar-refractivity contribution >= 4 is 29.1 Å². The van der Waals surface area contributed by atoms with Gasteiger partial charge in [-0.1, -0.05) is 30.5 Å². The molecule has 2 amide bonds. The number of nitrogens with zero attached hydrogens (tertiary/aromatic N) is 1. The molecular weight excluding hydrogens is 288 g/mol. The van der Waals surface area contributed by atoms with Gasteiger partial charge in [0.2, 0.25) is 5.91 Å². The van der Waals surface area contributed by atoms with Crippen molar-refractivity contribution in [2.24, 2.45) is 0 Å². The maximum Gasteiger partial charge on any atom is 0.252 e. The average Bonchev–Trinajstić information content (AvgIpc) is 3.03. The Morgan fingerprint density at radius 1 is 1.24 bits per heavy atom. The molecule has 21 heavy (non-hydrogen) atoms. The van der Waals surface area contributed by atoms with E-state index in [0.717, 1.165) is 36.9 Å². The van der Waals surface area contributed by atoms with Crippen LogP contribution >= 0.6 is 11.6 Å². The van der Waals surface area contributed by atoms with Gasteiger partial charge in [0.15, 0.2) is 0 Å². The zero-order valence-corrected chi connectivity index (χ0v) is 12.8. The highest BCUT2D eigenvalue weighted by Crippen LogP contribution is 2.30. The Kier molecular flexibility index (Phi) is 3.89. The lowest BCUT2D eigenvalue weighted by Crippen LogP contribution is -2.41. The fourth-order valence-corrected chi connectivity index (χ4v) is 3.42. The Morgan fingerprint density at radius 3 is 2.67 bits per heavy atom. The van der Waals surface area contributed by atoms with Crippen LogP contribution in [0.1, 0.15) is 37.7 Å². The number of nitrogens with one attached hydrogen (secondary N) is 1. The third kappa shape index (κ3) is 2.77. The van der Waals surface area contributed by atoms with Gasteiger partial charge in [0.25, 0.3) is 5.91 Å². The SMILES string of the molecule is Cc1ccc(Cl)c(NC2CC(=O)N(C3CCCC3)C2=O)c1. The van der Waals surface area contributed by atoms with Crippen LogP contribution in [0.3, 0.4) is 0 Å². The molecule has 0 spiro atoms. The first-order valence-electron chi connectivity index (χ1n) is 7.45. The highest BCUT2D eigenvalue weighted by atomic mass is 35.5. The number of carbonyl (C=O) groups is 2. The number of imide groups is 1. The van der Waals surface area contributed by atoms with Gasteiger partial charge < -0.3 is 5.32 Å². The van der Waals surface area contributed by atoms with Crippen LogP contribution < -0.4 is 5.32 Å². The van der Waals surface area contributed by atoms with E-state index in [1.54, 1.807) is 6.07 Å². The van der Waals surface area contributed by atoms with E-state index in [-0.39, 0.29) is 24.3 Å². The minimum absolute atomic E-state index is 0.0619. The van der Waals surface area contributed by atoms with Gasteiger partial charge in [-0.05, 0) is 37.5 Å². The lowest BCUT2D eigenvalue weighted by Gasteiger charge is -2.22. The summed E-state index contributed by atoms with van der Waals surface area (Å²) in [6.07, 6.45) is 4.30. The van der Waals surface area contributed by atoms with Gasteiger partial charge in [-0.25, -0.2) is 0 Å². The average molecular weight is 307 g/mol. The largest absolute Gasteiger partial charge is 0.372 e. The molecule has 1 saturated carbocycles. The number of anilines is 1. The van der Waals surface area contributed by atoms with Crippen LogP contribution in [0.2, 0.25) is 5.02 Å². The number of benzene rings is 1. The second-order valence-corrected chi connectivity index (χ2v) is 6.33. The summed E-state index contributed by atoms with van der Waals surface area (Å²) in [4.78, 5) is 26.1. The van der Waals surface area contributed by atoms with E-state index >= 15 is 0 Å². The van der Waals surface area contributed by atoms with E-state index in [2.05, 4.69) is 5.32 Å². The first kappa shape index (κ1) is 14.4. The molecule has 1 aromatic rings. The van der Waals surface area contributed by atoms with E-state index in [9.17, 15) is 9.59 Å². The first-order valence-corrected chi connectivity index (χ1v) is 7.82. The van der Waals surface area contributed by atoms with E-state index < -0.39 is 6.04 Å². The van der Waals surface area contributed by atoms with E-state index in [1.807, 2.05) is 19.1 Å². The molecule has 1 N–H and O–H groups in total. The topological polar surface area (TPSA) is 49.4 Å². The number of likely N-dealkylation sites (tertiary alicyclic amines) is 1. The van der Waals surface area contributed by atoms with Gasteiger partial charge in [-0.3, -0.25) is 14.5 Å². The van der Waals surface area contributed by atoms with E-state index in [1.165, 1.54) is 4.90 Å². The maximum absolute atomic E-state index is 12.5. The summed E-state index contributed by atoms with van der Waals surface area (Å²) in [7, 11) is 0. The van der Waals surface area contributed by atoms with Crippen LogP contribution in [0.5, 0.6) is 0 Å². The summed E-state index contributed by atoms with van der Waals surface area (Å²) in [5.41, 5.74) is 1.78. The molecule has 0 aromatic heterocycles. The molecule has 4 nitrogen and oxygen atoms in total. The third-order valence-electron chi connectivity index (χ3n) is 4.32. The van der Waals surface area contributed by atoms with Crippen LogP contribution in [-0.2, 0) is 9.59 Å². The molecule has 0 bridgehead atoms. The Bertz CT molecular complexity index is 582. The van der Waals surface area contributed by atoms with Gasteiger partial charge >= 0.3 is 0 Å². The number of carbonyl (C=O) groups excluding carboxylic acids is 2. The minimum Gasteiger partial charge on any atom is -0.372 e. The summed E-state index contributed by atoms with van der Waals surface area (Å²) in [6.45, 7) is 1.97. The predicted molar refractivity (Wildman–Crippen MR) is 82.3 cm³/mol. The van der Waals surface area contributed by atoms with Crippen LogP contribution in [0.4, 0.5) is 5.69 Å². The number of halogens is 1. The molecule has 1 atom stereocenters. The molecule has 3 rings (SSSR count). The van der Waals surface area contributed by atoms with Crippen molar-refractivity contribution in [1.29, 1.82) is 0 Å². The Morgan fingerprint density at radius 2 is 1.95 bits per heavy atom. The Balaban J connectivity index is 1.76. The molecule has 1 unspecified atom stereocenters. The van der Waals surface area contributed by atoms with Crippen molar-refractivity contribution in [2.75, 3.05) is 5.32 Å². The molecule has 1 aliphatic heterocycles. The molecular formula is C16H19ClN2O2. The number of hydrogen-bond donors (Lipinski definition) is 1. The summed E-state index contributed by atoms with van der Waals surface area (Å²) < 4.78 is 0. The van der Waals surface area contributed by atoms with Crippen molar-refractivity contribution in [2.45, 2.75) is 51.1 Å². The molecule has 0 radical (unpaired) electrons. The van der Waals surface area contributed by atoms with Crippen LogP contribution in [0.15, 0.2) is 18.2 Å². The van der Waals surface area contributed by atoms with Gasteiger partial charge in [-0.2, -0.15) is 0 Å². The third-order valence-corrected chi connectivity index (χ3v) is 4.65. The van der Waals surface area contributed by atoms with Crippen LogP contribution in [-0.4, -0.2) is 28.8 Å². The van der Waals surface area contributed by atoms with Gasteiger partial charge in [0.05, 0.1) is 17.1 Å². The molecule has 1 aliphatic carbocycles.